The Kier molecular flexibility index (Phi) is 3.45. The van der Waals surface area contributed by atoms with Crippen molar-refractivity contribution >= 4 is 11.6 Å². The van der Waals surface area contributed by atoms with Crippen molar-refractivity contribution in [2.75, 3.05) is 5.32 Å². The number of hydrogen-bond donors (Lipinski definition) is 1. The van der Waals surface area contributed by atoms with Crippen LogP contribution in [0.2, 0.25) is 0 Å². The van der Waals surface area contributed by atoms with Gasteiger partial charge in [0, 0.05) is 25.1 Å². The summed E-state index contributed by atoms with van der Waals surface area (Å²) in [5, 5.41) is 11.2. The third-order valence-electron chi connectivity index (χ3n) is 3.80. The predicted octanol–water partition coefficient (Wildman–Crippen LogP) is 2.38. The van der Waals surface area contributed by atoms with E-state index in [0.29, 0.717) is 18.0 Å². The van der Waals surface area contributed by atoms with Crippen LogP contribution in [-0.4, -0.2) is 25.5 Å². The third-order valence-corrected chi connectivity index (χ3v) is 3.80. The summed E-state index contributed by atoms with van der Waals surface area (Å²) in [4.78, 5) is 12.2. The van der Waals surface area contributed by atoms with Gasteiger partial charge >= 0.3 is 0 Å². The molecule has 23 heavy (non-hydrogen) atoms. The molecule has 0 radical (unpaired) electrons. The highest BCUT2D eigenvalue weighted by Gasteiger charge is 2.22. The van der Waals surface area contributed by atoms with Crippen LogP contribution in [-0.2, 0) is 13.1 Å². The molecule has 3 heterocycles. The van der Waals surface area contributed by atoms with E-state index in [0.717, 1.165) is 12.5 Å². The van der Waals surface area contributed by atoms with E-state index in [4.69, 9.17) is 4.42 Å². The van der Waals surface area contributed by atoms with Crippen LogP contribution in [0.15, 0.2) is 47.4 Å². The number of amides is 1. The van der Waals surface area contributed by atoms with Crippen LogP contribution >= 0.6 is 0 Å². The molecular weight excluding hydrogens is 294 g/mol. The predicted molar refractivity (Wildman–Crippen MR) is 82.9 cm³/mol. The molecule has 0 aromatic carbocycles. The third kappa shape index (κ3) is 3.33. The fourth-order valence-electron chi connectivity index (χ4n) is 2.42. The summed E-state index contributed by atoms with van der Waals surface area (Å²) in [6, 6.07) is 5.30. The zero-order chi connectivity index (χ0) is 15.6. The average molecular weight is 311 g/mol. The largest absolute Gasteiger partial charge is 0.454 e. The number of nitrogens with zero attached hydrogens (tertiary/aromatic N) is 4. The Hall–Kier alpha value is -2.83. The van der Waals surface area contributed by atoms with Gasteiger partial charge in [0.2, 0.25) is 0 Å². The summed E-state index contributed by atoms with van der Waals surface area (Å²) in [7, 11) is 0. The van der Waals surface area contributed by atoms with Crippen LogP contribution in [0.3, 0.4) is 0 Å². The molecule has 3 aromatic heterocycles. The molecule has 118 valence electrons. The number of hydrogen-bond acceptors (Lipinski definition) is 4. The quantitative estimate of drug-likeness (QED) is 0.758. The lowest BCUT2D eigenvalue weighted by atomic mass is 10.4. The van der Waals surface area contributed by atoms with Crippen LogP contribution in [0.25, 0.3) is 0 Å². The van der Waals surface area contributed by atoms with Gasteiger partial charge in [0.15, 0.2) is 5.76 Å². The maximum atomic E-state index is 12.2. The van der Waals surface area contributed by atoms with E-state index in [-0.39, 0.29) is 11.7 Å². The first kappa shape index (κ1) is 13.8. The van der Waals surface area contributed by atoms with Crippen molar-refractivity contribution in [2.45, 2.75) is 25.9 Å². The summed E-state index contributed by atoms with van der Waals surface area (Å²) in [6.45, 7) is 1.42. The van der Waals surface area contributed by atoms with Gasteiger partial charge in [-0.1, -0.05) is 0 Å². The molecule has 3 aromatic rings. The number of furan rings is 1. The van der Waals surface area contributed by atoms with Crippen molar-refractivity contribution in [1.82, 2.24) is 19.6 Å². The molecule has 0 atom stereocenters. The summed E-state index contributed by atoms with van der Waals surface area (Å²) in [5.74, 6) is 1.43. The minimum absolute atomic E-state index is 0.275. The number of anilines is 1. The highest BCUT2D eigenvalue weighted by Crippen LogP contribution is 2.30. The zero-order valence-corrected chi connectivity index (χ0v) is 12.6. The lowest BCUT2D eigenvalue weighted by molar-refractivity contribution is 0.0994. The van der Waals surface area contributed by atoms with Crippen LogP contribution < -0.4 is 5.32 Å². The Balaban J connectivity index is 1.38. The maximum Gasteiger partial charge on any atom is 0.291 e. The zero-order valence-electron chi connectivity index (χ0n) is 12.6. The first-order valence-electron chi connectivity index (χ1n) is 7.66. The number of carbonyl (C=O) groups excluding carboxylic acids is 1. The van der Waals surface area contributed by atoms with Gasteiger partial charge in [-0.25, -0.2) is 0 Å². The van der Waals surface area contributed by atoms with Gasteiger partial charge in [-0.2, -0.15) is 10.2 Å². The highest BCUT2D eigenvalue weighted by molar-refractivity contribution is 6.02. The lowest BCUT2D eigenvalue weighted by Gasteiger charge is -2.00. The van der Waals surface area contributed by atoms with Gasteiger partial charge in [0.25, 0.3) is 5.91 Å². The number of aromatic nitrogens is 4. The van der Waals surface area contributed by atoms with E-state index in [2.05, 4.69) is 15.5 Å². The molecule has 1 aliphatic carbocycles. The Morgan fingerprint density at radius 1 is 1.30 bits per heavy atom. The smallest absolute Gasteiger partial charge is 0.291 e. The molecule has 0 bridgehead atoms. The van der Waals surface area contributed by atoms with Crippen molar-refractivity contribution in [2.24, 2.45) is 5.92 Å². The topological polar surface area (TPSA) is 77.9 Å². The second-order valence-corrected chi connectivity index (χ2v) is 5.82. The summed E-state index contributed by atoms with van der Waals surface area (Å²) in [6.07, 6.45) is 9.60. The molecule has 1 aliphatic rings. The van der Waals surface area contributed by atoms with Crippen molar-refractivity contribution in [3.05, 3.63) is 54.5 Å². The molecule has 0 saturated heterocycles. The number of carbonyl (C=O) groups is 1. The van der Waals surface area contributed by atoms with Crippen LogP contribution in [0, 0.1) is 5.92 Å². The van der Waals surface area contributed by atoms with Gasteiger partial charge in [0.1, 0.15) is 5.76 Å². The minimum Gasteiger partial charge on any atom is -0.454 e. The highest BCUT2D eigenvalue weighted by atomic mass is 16.4. The molecule has 4 rings (SSSR count). The second kappa shape index (κ2) is 5.75. The van der Waals surface area contributed by atoms with E-state index >= 15 is 0 Å². The molecule has 0 aliphatic heterocycles. The molecule has 1 amide bonds. The van der Waals surface area contributed by atoms with Crippen molar-refractivity contribution < 1.29 is 9.21 Å². The van der Waals surface area contributed by atoms with Crippen molar-refractivity contribution in [3.63, 3.8) is 0 Å². The number of rotatable bonds is 6. The Labute approximate surface area is 132 Å². The Morgan fingerprint density at radius 2 is 2.22 bits per heavy atom. The molecule has 1 fully saturated rings. The molecule has 1 saturated carbocycles. The van der Waals surface area contributed by atoms with Crippen molar-refractivity contribution in [1.29, 1.82) is 0 Å². The summed E-state index contributed by atoms with van der Waals surface area (Å²) in [5.41, 5.74) is 0.681. The second-order valence-electron chi connectivity index (χ2n) is 5.82. The molecule has 7 nitrogen and oxygen atoms in total. The van der Waals surface area contributed by atoms with E-state index in [1.165, 1.54) is 12.8 Å². The maximum absolute atomic E-state index is 12.2. The first-order chi connectivity index (χ1) is 11.3. The summed E-state index contributed by atoms with van der Waals surface area (Å²) >= 11 is 0. The van der Waals surface area contributed by atoms with Gasteiger partial charge in [-0.15, -0.1) is 0 Å². The Morgan fingerprint density at radius 3 is 3.00 bits per heavy atom. The first-order valence-corrected chi connectivity index (χ1v) is 7.66. The number of nitrogens with one attached hydrogen (secondary N) is 1. The van der Waals surface area contributed by atoms with E-state index in [1.54, 1.807) is 29.2 Å². The molecule has 0 unspecified atom stereocenters. The fraction of sp³-hybridized carbons (Fsp3) is 0.312. The molecule has 7 heteroatoms. The lowest BCUT2D eigenvalue weighted by Crippen LogP contribution is -2.10. The van der Waals surface area contributed by atoms with Gasteiger partial charge in [0.05, 0.1) is 18.4 Å². The molecule has 1 N–H and O–H groups in total. The van der Waals surface area contributed by atoms with Crippen LogP contribution in [0.1, 0.15) is 29.2 Å². The monoisotopic (exact) mass is 311 g/mol. The van der Waals surface area contributed by atoms with E-state index < -0.39 is 0 Å². The van der Waals surface area contributed by atoms with Crippen molar-refractivity contribution in [3.8, 4) is 0 Å². The van der Waals surface area contributed by atoms with Crippen LogP contribution in [0.5, 0.6) is 0 Å². The van der Waals surface area contributed by atoms with Gasteiger partial charge < -0.3 is 9.73 Å². The molecular formula is C16H17N5O2. The SMILES string of the molecule is O=C(Nc1cnn(CC2CC2)c1)c1ccc(Cn2cccn2)o1. The van der Waals surface area contributed by atoms with Gasteiger partial charge in [-0.05, 0) is 37.0 Å². The standard InChI is InChI=1S/C16H17N5O2/c22-16(19-13-8-18-21(10-13)9-12-2-3-12)15-5-4-14(23-15)11-20-7-1-6-17-20/h1,4-8,10,12H,2-3,9,11H2,(H,19,22). The summed E-state index contributed by atoms with van der Waals surface area (Å²) < 4.78 is 9.18. The minimum atomic E-state index is -0.275. The molecule has 0 spiro atoms. The fourth-order valence-corrected chi connectivity index (χ4v) is 2.42. The van der Waals surface area contributed by atoms with Crippen LogP contribution in [0.4, 0.5) is 5.69 Å². The normalized spacial score (nSPS) is 14.1. The van der Waals surface area contributed by atoms with E-state index in [9.17, 15) is 4.79 Å². The average Bonchev–Trinajstić information content (AvgIpc) is 2.98. The Bertz CT molecular complexity index is 798. The van der Waals surface area contributed by atoms with E-state index in [1.807, 2.05) is 23.1 Å². The van der Waals surface area contributed by atoms with Gasteiger partial charge in [-0.3, -0.25) is 14.2 Å².